The van der Waals surface area contributed by atoms with Gasteiger partial charge in [0.1, 0.15) is 11.5 Å². The summed E-state index contributed by atoms with van der Waals surface area (Å²) in [5.41, 5.74) is 0. The summed E-state index contributed by atoms with van der Waals surface area (Å²) in [4.78, 5) is 0. The van der Waals surface area contributed by atoms with Gasteiger partial charge < -0.3 is 14.9 Å². The van der Waals surface area contributed by atoms with Crippen LogP contribution in [0, 0.1) is 0 Å². The smallest absolute Gasteiger partial charge is 0.126 e. The molecular formula is C16H18O3. The van der Waals surface area contributed by atoms with Crippen LogP contribution in [0.25, 0.3) is 0 Å². The van der Waals surface area contributed by atoms with Crippen LogP contribution in [0.5, 0.6) is 11.5 Å². The van der Waals surface area contributed by atoms with E-state index in [0.717, 1.165) is 11.5 Å². The molecule has 19 heavy (non-hydrogen) atoms. The molecule has 0 radical (unpaired) electrons. The lowest BCUT2D eigenvalue weighted by molar-refractivity contribution is 0.483. The maximum absolute atomic E-state index is 4.97. The fourth-order valence-corrected chi connectivity index (χ4v) is 1.19. The molecule has 0 heterocycles. The molecule has 0 bridgehead atoms. The van der Waals surface area contributed by atoms with Crippen LogP contribution in [-0.2, 0) is 0 Å². The Morgan fingerprint density at radius 3 is 1.21 bits per heavy atom. The van der Waals surface area contributed by atoms with E-state index in [1.54, 1.807) is 0 Å². The second-order valence-electron chi connectivity index (χ2n) is 3.20. The molecule has 0 atom stereocenters. The average molecular weight is 258 g/mol. The van der Waals surface area contributed by atoms with Crippen molar-refractivity contribution in [3.05, 3.63) is 86.3 Å². The van der Waals surface area contributed by atoms with Gasteiger partial charge in [0.25, 0.3) is 0 Å². The van der Waals surface area contributed by atoms with Gasteiger partial charge in [0.15, 0.2) is 0 Å². The Kier molecular flexibility index (Phi) is 9.21. The average Bonchev–Trinajstić information content (AvgIpc) is 2.43. The number of benzene rings is 2. The molecule has 2 aromatic carbocycles. The Balaban J connectivity index is 0.000000324. The van der Waals surface area contributed by atoms with Crippen molar-refractivity contribution in [3.8, 4) is 11.5 Å². The third-order valence-corrected chi connectivity index (χ3v) is 1.93. The van der Waals surface area contributed by atoms with Crippen LogP contribution in [0.4, 0.5) is 0 Å². The van der Waals surface area contributed by atoms with Crippen LogP contribution in [0.15, 0.2) is 86.3 Å². The first-order valence-corrected chi connectivity index (χ1v) is 5.52. The molecule has 2 N–H and O–H groups in total. The summed E-state index contributed by atoms with van der Waals surface area (Å²) in [5.74, 6) is 1.65. The van der Waals surface area contributed by atoms with Crippen molar-refractivity contribution in [2.75, 3.05) is 0 Å². The highest BCUT2D eigenvalue weighted by Crippen LogP contribution is 2.07. The molecular weight excluding hydrogens is 240 g/mol. The van der Waals surface area contributed by atoms with E-state index in [0.29, 0.717) is 0 Å². The van der Waals surface area contributed by atoms with E-state index in [-0.39, 0.29) is 5.48 Å². The summed E-state index contributed by atoms with van der Waals surface area (Å²) in [7, 11) is 0. The van der Waals surface area contributed by atoms with Crippen molar-refractivity contribution in [1.29, 1.82) is 0 Å². The zero-order valence-corrected chi connectivity index (χ0v) is 10.7. The molecule has 3 heteroatoms. The maximum atomic E-state index is 4.97. The summed E-state index contributed by atoms with van der Waals surface area (Å²) in [6.45, 7) is 6.87. The zero-order chi connectivity index (χ0) is 13.1. The van der Waals surface area contributed by atoms with Crippen molar-refractivity contribution in [1.82, 2.24) is 0 Å². The highest BCUT2D eigenvalue weighted by atomic mass is 16.5. The Morgan fingerprint density at radius 1 is 0.632 bits per heavy atom. The first-order valence-electron chi connectivity index (χ1n) is 5.52. The van der Waals surface area contributed by atoms with E-state index in [2.05, 4.69) is 13.2 Å². The minimum Gasteiger partial charge on any atom is -0.466 e. The second kappa shape index (κ2) is 10.6. The molecule has 2 rings (SSSR count). The summed E-state index contributed by atoms with van der Waals surface area (Å²) in [5, 5.41) is 0. The molecule has 0 amide bonds. The molecule has 2 aromatic rings. The molecule has 0 aliphatic heterocycles. The largest absolute Gasteiger partial charge is 0.466 e. The first kappa shape index (κ1) is 16.5. The maximum Gasteiger partial charge on any atom is 0.126 e. The van der Waals surface area contributed by atoms with Crippen molar-refractivity contribution in [3.63, 3.8) is 0 Å². The topological polar surface area (TPSA) is 50.0 Å². The van der Waals surface area contributed by atoms with Crippen LogP contribution in [-0.4, -0.2) is 5.48 Å². The van der Waals surface area contributed by atoms with Crippen LogP contribution in [0.3, 0.4) is 0 Å². The van der Waals surface area contributed by atoms with Gasteiger partial charge in [-0.3, -0.25) is 0 Å². The number of rotatable bonds is 4. The van der Waals surface area contributed by atoms with Gasteiger partial charge in [0.05, 0.1) is 12.5 Å². The third kappa shape index (κ3) is 7.41. The summed E-state index contributed by atoms with van der Waals surface area (Å²) < 4.78 is 9.94. The van der Waals surface area contributed by atoms with E-state index >= 15 is 0 Å². The summed E-state index contributed by atoms with van der Waals surface area (Å²) in [6, 6.07) is 19.0. The molecule has 0 unspecified atom stereocenters. The lowest BCUT2D eigenvalue weighted by Gasteiger charge is -1.95. The van der Waals surface area contributed by atoms with Gasteiger partial charge in [0, 0.05) is 0 Å². The van der Waals surface area contributed by atoms with Crippen molar-refractivity contribution >= 4 is 0 Å². The molecule has 0 fully saturated rings. The molecule has 0 aliphatic carbocycles. The molecule has 0 aromatic heterocycles. The lowest BCUT2D eigenvalue weighted by Crippen LogP contribution is -1.76. The number of ether oxygens (including phenoxy) is 2. The molecule has 0 aliphatic rings. The summed E-state index contributed by atoms with van der Waals surface area (Å²) in [6.07, 6.45) is 2.82. The van der Waals surface area contributed by atoms with Gasteiger partial charge in [-0.25, -0.2) is 0 Å². The predicted molar refractivity (Wildman–Crippen MR) is 78.1 cm³/mol. The van der Waals surface area contributed by atoms with Gasteiger partial charge in [-0.05, 0) is 24.3 Å². The normalized spacial score (nSPS) is 8.00. The highest BCUT2D eigenvalue weighted by molar-refractivity contribution is 5.22. The third-order valence-electron chi connectivity index (χ3n) is 1.93. The molecule has 0 saturated carbocycles. The molecule has 3 nitrogen and oxygen atoms in total. The van der Waals surface area contributed by atoms with Crippen molar-refractivity contribution in [2.45, 2.75) is 0 Å². The van der Waals surface area contributed by atoms with Gasteiger partial charge in [0.2, 0.25) is 0 Å². The first-order chi connectivity index (χ1) is 8.86. The zero-order valence-electron chi connectivity index (χ0n) is 10.7. The van der Waals surface area contributed by atoms with E-state index in [9.17, 15) is 0 Å². The van der Waals surface area contributed by atoms with E-state index in [1.165, 1.54) is 12.5 Å². The van der Waals surface area contributed by atoms with E-state index < -0.39 is 0 Å². The minimum absolute atomic E-state index is 0. The van der Waals surface area contributed by atoms with E-state index in [1.807, 2.05) is 60.7 Å². The predicted octanol–water partition coefficient (Wildman–Crippen LogP) is 3.59. The van der Waals surface area contributed by atoms with Crippen LogP contribution >= 0.6 is 0 Å². The quantitative estimate of drug-likeness (QED) is 0.787. The summed E-state index contributed by atoms with van der Waals surface area (Å²) >= 11 is 0. The number of hydrogen-bond donors (Lipinski definition) is 0. The SMILES string of the molecule is C=COc1ccccc1.C=COc1ccccc1.O. The Hall–Kier alpha value is -2.52. The Morgan fingerprint density at radius 2 is 0.947 bits per heavy atom. The lowest BCUT2D eigenvalue weighted by atomic mass is 10.3. The van der Waals surface area contributed by atoms with Crippen LogP contribution in [0.2, 0.25) is 0 Å². The monoisotopic (exact) mass is 258 g/mol. The van der Waals surface area contributed by atoms with Gasteiger partial charge in [-0.2, -0.15) is 0 Å². The van der Waals surface area contributed by atoms with E-state index in [4.69, 9.17) is 9.47 Å². The number of para-hydroxylation sites is 2. The van der Waals surface area contributed by atoms with Gasteiger partial charge >= 0.3 is 0 Å². The fraction of sp³-hybridized carbons (Fsp3) is 0. The molecule has 0 spiro atoms. The minimum atomic E-state index is 0. The molecule has 100 valence electrons. The Labute approximate surface area is 113 Å². The van der Waals surface area contributed by atoms with Gasteiger partial charge in [-0.1, -0.05) is 49.6 Å². The van der Waals surface area contributed by atoms with Crippen LogP contribution in [0.1, 0.15) is 0 Å². The standard InChI is InChI=1S/2C8H8O.H2O/c2*1-2-9-8-6-4-3-5-7-8;/h2*2-7H,1H2;1H2. The fourth-order valence-electron chi connectivity index (χ4n) is 1.19. The van der Waals surface area contributed by atoms with Crippen molar-refractivity contribution in [2.24, 2.45) is 0 Å². The van der Waals surface area contributed by atoms with Crippen LogP contribution < -0.4 is 9.47 Å². The highest BCUT2D eigenvalue weighted by Gasteiger charge is 1.83. The Bertz CT molecular complexity index is 406. The second-order valence-corrected chi connectivity index (χ2v) is 3.20. The number of hydrogen-bond acceptors (Lipinski definition) is 2. The van der Waals surface area contributed by atoms with Crippen molar-refractivity contribution < 1.29 is 14.9 Å². The molecule has 0 saturated heterocycles. The van der Waals surface area contributed by atoms with Gasteiger partial charge in [-0.15, -0.1) is 0 Å².